The Bertz CT molecular complexity index is 329. The molecule has 1 heterocycles. The third-order valence-corrected chi connectivity index (χ3v) is 3.08. The lowest BCUT2D eigenvalue weighted by Gasteiger charge is -2.31. The van der Waals surface area contributed by atoms with Crippen molar-refractivity contribution in [1.29, 1.82) is 0 Å². The van der Waals surface area contributed by atoms with Crippen LogP contribution in [0.2, 0.25) is 0 Å². The summed E-state index contributed by atoms with van der Waals surface area (Å²) < 4.78 is 5.82. The first kappa shape index (κ1) is 11.2. The van der Waals surface area contributed by atoms with Crippen molar-refractivity contribution in [2.75, 3.05) is 5.73 Å². The van der Waals surface area contributed by atoms with Gasteiger partial charge in [0.2, 0.25) is 5.88 Å². The SMILES string of the molecule is CC1CC(C)CC(Oc2ccc(N)nn2)C1. The molecule has 88 valence electrons. The fourth-order valence-electron chi connectivity index (χ4n) is 2.53. The first-order valence-corrected chi connectivity index (χ1v) is 5.89. The number of ether oxygens (including phenoxy) is 1. The van der Waals surface area contributed by atoms with Crippen molar-refractivity contribution in [1.82, 2.24) is 10.2 Å². The normalized spacial score (nSPS) is 30.0. The van der Waals surface area contributed by atoms with E-state index < -0.39 is 0 Å². The summed E-state index contributed by atoms with van der Waals surface area (Å²) >= 11 is 0. The van der Waals surface area contributed by atoms with Gasteiger partial charge in [-0.2, -0.15) is 0 Å². The van der Waals surface area contributed by atoms with Gasteiger partial charge in [0, 0.05) is 6.07 Å². The van der Waals surface area contributed by atoms with E-state index in [4.69, 9.17) is 10.5 Å². The summed E-state index contributed by atoms with van der Waals surface area (Å²) in [5, 5.41) is 7.71. The number of hydrogen-bond donors (Lipinski definition) is 1. The van der Waals surface area contributed by atoms with Crippen LogP contribution in [0, 0.1) is 11.8 Å². The van der Waals surface area contributed by atoms with Gasteiger partial charge in [0.25, 0.3) is 0 Å². The van der Waals surface area contributed by atoms with Crippen LogP contribution in [-0.4, -0.2) is 16.3 Å². The molecule has 16 heavy (non-hydrogen) atoms. The summed E-state index contributed by atoms with van der Waals surface area (Å²) in [4.78, 5) is 0. The summed E-state index contributed by atoms with van der Waals surface area (Å²) in [6.07, 6.45) is 3.79. The molecule has 2 rings (SSSR count). The number of anilines is 1. The molecular weight excluding hydrogens is 202 g/mol. The minimum atomic E-state index is 0.275. The molecule has 1 fully saturated rings. The van der Waals surface area contributed by atoms with Gasteiger partial charge < -0.3 is 10.5 Å². The molecule has 0 amide bonds. The zero-order valence-corrected chi connectivity index (χ0v) is 9.89. The van der Waals surface area contributed by atoms with E-state index in [9.17, 15) is 0 Å². The fourth-order valence-corrected chi connectivity index (χ4v) is 2.53. The van der Waals surface area contributed by atoms with Gasteiger partial charge in [0.1, 0.15) is 11.9 Å². The van der Waals surface area contributed by atoms with Gasteiger partial charge >= 0.3 is 0 Å². The van der Waals surface area contributed by atoms with Gasteiger partial charge in [-0.3, -0.25) is 0 Å². The Kier molecular flexibility index (Phi) is 3.27. The quantitative estimate of drug-likeness (QED) is 0.832. The Morgan fingerprint density at radius 2 is 1.81 bits per heavy atom. The van der Waals surface area contributed by atoms with E-state index in [1.165, 1.54) is 6.42 Å². The first-order valence-electron chi connectivity index (χ1n) is 5.89. The fraction of sp³-hybridized carbons (Fsp3) is 0.667. The maximum atomic E-state index is 5.82. The Morgan fingerprint density at radius 1 is 1.12 bits per heavy atom. The largest absolute Gasteiger partial charge is 0.473 e. The molecule has 1 aromatic heterocycles. The van der Waals surface area contributed by atoms with Crippen LogP contribution in [-0.2, 0) is 0 Å². The van der Waals surface area contributed by atoms with Crippen LogP contribution in [0.5, 0.6) is 5.88 Å². The zero-order chi connectivity index (χ0) is 11.5. The van der Waals surface area contributed by atoms with E-state index in [0.717, 1.165) is 24.7 Å². The van der Waals surface area contributed by atoms with E-state index in [1.807, 2.05) is 0 Å². The highest BCUT2D eigenvalue weighted by molar-refractivity contribution is 5.27. The molecule has 2 unspecified atom stereocenters. The van der Waals surface area contributed by atoms with E-state index in [-0.39, 0.29) is 6.10 Å². The lowest BCUT2D eigenvalue weighted by atomic mass is 9.82. The van der Waals surface area contributed by atoms with E-state index in [0.29, 0.717) is 11.7 Å². The predicted octanol–water partition coefficient (Wildman–Crippen LogP) is 2.26. The van der Waals surface area contributed by atoms with Crippen LogP contribution in [0.3, 0.4) is 0 Å². The van der Waals surface area contributed by atoms with Gasteiger partial charge in [-0.05, 0) is 37.2 Å². The summed E-state index contributed by atoms with van der Waals surface area (Å²) in [7, 11) is 0. The molecule has 0 aromatic carbocycles. The molecule has 0 bridgehead atoms. The van der Waals surface area contributed by atoms with Crippen LogP contribution in [0.15, 0.2) is 12.1 Å². The molecule has 0 saturated heterocycles. The van der Waals surface area contributed by atoms with Gasteiger partial charge in [0.05, 0.1) is 0 Å². The van der Waals surface area contributed by atoms with Gasteiger partial charge in [0.15, 0.2) is 0 Å². The molecule has 1 aliphatic carbocycles. The van der Waals surface area contributed by atoms with E-state index in [1.54, 1.807) is 12.1 Å². The lowest BCUT2D eigenvalue weighted by molar-refractivity contribution is 0.0958. The number of rotatable bonds is 2. The highest BCUT2D eigenvalue weighted by atomic mass is 16.5. The van der Waals surface area contributed by atoms with E-state index >= 15 is 0 Å². The second-order valence-electron chi connectivity index (χ2n) is 4.95. The average molecular weight is 221 g/mol. The monoisotopic (exact) mass is 221 g/mol. The first-order chi connectivity index (χ1) is 7.63. The Balaban J connectivity index is 1.96. The maximum absolute atomic E-state index is 5.82. The molecule has 1 aliphatic rings. The van der Waals surface area contributed by atoms with E-state index in [2.05, 4.69) is 24.0 Å². The molecule has 4 nitrogen and oxygen atoms in total. The predicted molar refractivity (Wildman–Crippen MR) is 63.0 cm³/mol. The Hall–Kier alpha value is -1.32. The topological polar surface area (TPSA) is 61.0 Å². The average Bonchev–Trinajstić information content (AvgIpc) is 2.20. The number of nitrogen functional groups attached to an aromatic ring is 1. The van der Waals surface area contributed by atoms with Gasteiger partial charge in [-0.15, -0.1) is 10.2 Å². The molecular formula is C12H19N3O. The number of nitrogens with two attached hydrogens (primary N) is 1. The van der Waals surface area contributed by atoms with Crippen molar-refractivity contribution in [3.63, 3.8) is 0 Å². The van der Waals surface area contributed by atoms with Crippen LogP contribution < -0.4 is 10.5 Å². The maximum Gasteiger partial charge on any atom is 0.233 e. The second-order valence-corrected chi connectivity index (χ2v) is 4.95. The van der Waals surface area contributed by atoms with Crippen LogP contribution in [0.1, 0.15) is 33.1 Å². The summed E-state index contributed by atoms with van der Waals surface area (Å²) in [6, 6.07) is 3.50. The zero-order valence-electron chi connectivity index (χ0n) is 9.89. The van der Waals surface area contributed by atoms with Crippen molar-refractivity contribution in [3.05, 3.63) is 12.1 Å². The van der Waals surface area contributed by atoms with Crippen molar-refractivity contribution in [3.8, 4) is 5.88 Å². The Labute approximate surface area is 96.2 Å². The van der Waals surface area contributed by atoms with Crippen LogP contribution in [0.25, 0.3) is 0 Å². The smallest absolute Gasteiger partial charge is 0.233 e. The molecule has 0 radical (unpaired) electrons. The number of hydrogen-bond acceptors (Lipinski definition) is 4. The van der Waals surface area contributed by atoms with Crippen LogP contribution in [0.4, 0.5) is 5.82 Å². The highest BCUT2D eigenvalue weighted by Gasteiger charge is 2.25. The third kappa shape index (κ3) is 2.84. The molecule has 0 aliphatic heterocycles. The third-order valence-electron chi connectivity index (χ3n) is 3.08. The number of nitrogens with zero attached hydrogens (tertiary/aromatic N) is 2. The summed E-state index contributed by atoms with van der Waals surface area (Å²) in [5.41, 5.74) is 5.47. The molecule has 4 heteroatoms. The van der Waals surface area contributed by atoms with Gasteiger partial charge in [-0.25, -0.2) is 0 Å². The molecule has 1 aromatic rings. The molecule has 0 spiro atoms. The van der Waals surface area contributed by atoms with Crippen molar-refractivity contribution in [2.45, 2.75) is 39.2 Å². The summed E-state index contributed by atoms with van der Waals surface area (Å²) in [6.45, 7) is 4.56. The van der Waals surface area contributed by atoms with Crippen LogP contribution >= 0.6 is 0 Å². The second kappa shape index (κ2) is 4.68. The molecule has 2 N–H and O–H groups in total. The Morgan fingerprint density at radius 3 is 2.38 bits per heavy atom. The van der Waals surface area contributed by atoms with Gasteiger partial charge in [-0.1, -0.05) is 13.8 Å². The molecule has 1 saturated carbocycles. The lowest BCUT2D eigenvalue weighted by Crippen LogP contribution is -2.28. The minimum absolute atomic E-state index is 0.275. The number of aromatic nitrogens is 2. The molecule has 2 atom stereocenters. The van der Waals surface area contributed by atoms with Crippen molar-refractivity contribution >= 4 is 5.82 Å². The highest BCUT2D eigenvalue weighted by Crippen LogP contribution is 2.30. The summed E-state index contributed by atoms with van der Waals surface area (Å²) in [5.74, 6) is 2.48. The van der Waals surface area contributed by atoms with Crippen molar-refractivity contribution < 1.29 is 4.74 Å². The standard InChI is InChI=1S/C12H19N3O/c1-8-5-9(2)7-10(6-8)16-12-4-3-11(13)14-15-12/h3-4,8-10H,5-7H2,1-2H3,(H2,13,14). The van der Waals surface area contributed by atoms with Crippen molar-refractivity contribution in [2.24, 2.45) is 11.8 Å². The minimum Gasteiger partial charge on any atom is -0.473 e.